The number of nitrogens with one attached hydrogen (secondary N) is 1. The van der Waals surface area contributed by atoms with Crippen molar-refractivity contribution >= 4 is 17.5 Å². The summed E-state index contributed by atoms with van der Waals surface area (Å²) in [5.41, 5.74) is 0.805. The van der Waals surface area contributed by atoms with Gasteiger partial charge in [-0.3, -0.25) is 9.59 Å². The fourth-order valence-corrected chi connectivity index (χ4v) is 2.36. The molecule has 0 radical (unpaired) electrons. The van der Waals surface area contributed by atoms with E-state index in [2.05, 4.69) is 5.32 Å². The number of rotatable bonds is 5. The van der Waals surface area contributed by atoms with E-state index in [4.69, 9.17) is 4.74 Å². The van der Waals surface area contributed by atoms with Gasteiger partial charge >= 0.3 is 0 Å². The minimum Gasteiger partial charge on any atom is -0.497 e. The second-order valence-corrected chi connectivity index (χ2v) is 5.42. The standard InChI is InChI=1S/C16H22N2O3/c1-4-11(2)17-16(20)12-9-15(19)18(10-12)13-5-7-14(21-3)8-6-13/h5-8,11-12H,4,9-10H2,1-3H3,(H,17,20). The Labute approximate surface area is 125 Å². The van der Waals surface area contributed by atoms with Gasteiger partial charge in [-0.15, -0.1) is 0 Å². The predicted molar refractivity (Wildman–Crippen MR) is 81.3 cm³/mol. The third kappa shape index (κ3) is 3.54. The van der Waals surface area contributed by atoms with Crippen LogP contribution in [0.1, 0.15) is 26.7 Å². The minimum atomic E-state index is -0.270. The highest BCUT2D eigenvalue weighted by Crippen LogP contribution is 2.26. The van der Waals surface area contributed by atoms with Crippen LogP contribution in [0.3, 0.4) is 0 Å². The first-order chi connectivity index (χ1) is 10.0. The molecule has 0 bridgehead atoms. The van der Waals surface area contributed by atoms with Crippen LogP contribution in [0.2, 0.25) is 0 Å². The molecule has 2 amide bonds. The lowest BCUT2D eigenvalue weighted by Gasteiger charge is -2.18. The smallest absolute Gasteiger partial charge is 0.227 e. The number of hydrogen-bond donors (Lipinski definition) is 1. The zero-order valence-electron chi connectivity index (χ0n) is 12.8. The van der Waals surface area contributed by atoms with Gasteiger partial charge in [0.2, 0.25) is 11.8 Å². The Kier molecular flexibility index (Phi) is 4.83. The van der Waals surface area contributed by atoms with Crippen LogP contribution in [-0.4, -0.2) is 31.5 Å². The molecule has 1 heterocycles. The zero-order chi connectivity index (χ0) is 15.4. The van der Waals surface area contributed by atoms with Crippen molar-refractivity contribution in [3.63, 3.8) is 0 Å². The van der Waals surface area contributed by atoms with Crippen LogP contribution in [0.15, 0.2) is 24.3 Å². The molecule has 1 aliphatic heterocycles. The van der Waals surface area contributed by atoms with E-state index in [-0.39, 0.29) is 30.2 Å². The van der Waals surface area contributed by atoms with Gasteiger partial charge in [-0.2, -0.15) is 0 Å². The molecule has 1 aromatic carbocycles. The van der Waals surface area contributed by atoms with Crippen LogP contribution >= 0.6 is 0 Å². The molecular weight excluding hydrogens is 268 g/mol. The predicted octanol–water partition coefficient (Wildman–Crippen LogP) is 1.96. The van der Waals surface area contributed by atoms with Crippen molar-refractivity contribution in [3.05, 3.63) is 24.3 Å². The highest BCUT2D eigenvalue weighted by atomic mass is 16.5. The normalized spacial score (nSPS) is 19.5. The average Bonchev–Trinajstić information content (AvgIpc) is 2.89. The van der Waals surface area contributed by atoms with Crippen LogP contribution in [0.4, 0.5) is 5.69 Å². The van der Waals surface area contributed by atoms with E-state index in [0.717, 1.165) is 17.9 Å². The van der Waals surface area contributed by atoms with E-state index in [0.29, 0.717) is 6.54 Å². The van der Waals surface area contributed by atoms with Crippen molar-refractivity contribution in [2.75, 3.05) is 18.6 Å². The summed E-state index contributed by atoms with van der Waals surface area (Å²) in [5.74, 6) is 0.434. The number of benzene rings is 1. The van der Waals surface area contributed by atoms with Gasteiger partial charge in [0.15, 0.2) is 0 Å². The second kappa shape index (κ2) is 6.61. The fourth-order valence-electron chi connectivity index (χ4n) is 2.36. The van der Waals surface area contributed by atoms with Gasteiger partial charge in [-0.25, -0.2) is 0 Å². The minimum absolute atomic E-state index is 0.00975. The summed E-state index contributed by atoms with van der Waals surface area (Å²) in [4.78, 5) is 25.9. The summed E-state index contributed by atoms with van der Waals surface area (Å²) in [5, 5.41) is 2.94. The largest absolute Gasteiger partial charge is 0.497 e. The molecule has 1 N–H and O–H groups in total. The molecule has 2 unspecified atom stereocenters. The third-order valence-electron chi connectivity index (χ3n) is 3.88. The Morgan fingerprint density at radius 3 is 2.67 bits per heavy atom. The van der Waals surface area contributed by atoms with Crippen LogP contribution < -0.4 is 15.0 Å². The molecule has 2 atom stereocenters. The average molecular weight is 290 g/mol. The Morgan fingerprint density at radius 2 is 2.10 bits per heavy atom. The Morgan fingerprint density at radius 1 is 1.43 bits per heavy atom. The van der Waals surface area contributed by atoms with E-state index < -0.39 is 0 Å². The van der Waals surface area contributed by atoms with Gasteiger partial charge in [-0.05, 0) is 37.6 Å². The molecule has 1 aliphatic rings. The molecule has 0 aliphatic carbocycles. The van der Waals surface area contributed by atoms with Crippen molar-refractivity contribution in [2.45, 2.75) is 32.7 Å². The van der Waals surface area contributed by atoms with Gasteiger partial charge in [0.05, 0.1) is 13.0 Å². The summed E-state index contributed by atoms with van der Waals surface area (Å²) in [7, 11) is 1.60. The lowest BCUT2D eigenvalue weighted by Crippen LogP contribution is -2.38. The topological polar surface area (TPSA) is 58.6 Å². The van der Waals surface area contributed by atoms with Crippen LogP contribution in [-0.2, 0) is 9.59 Å². The van der Waals surface area contributed by atoms with Gasteiger partial charge in [0, 0.05) is 24.7 Å². The maximum Gasteiger partial charge on any atom is 0.227 e. The molecule has 114 valence electrons. The molecule has 0 aromatic heterocycles. The zero-order valence-corrected chi connectivity index (χ0v) is 12.8. The van der Waals surface area contributed by atoms with Crippen LogP contribution in [0.25, 0.3) is 0 Å². The lowest BCUT2D eigenvalue weighted by atomic mass is 10.1. The number of nitrogens with zero attached hydrogens (tertiary/aromatic N) is 1. The van der Waals surface area contributed by atoms with Crippen molar-refractivity contribution in [2.24, 2.45) is 5.92 Å². The van der Waals surface area contributed by atoms with E-state index in [1.54, 1.807) is 12.0 Å². The first-order valence-corrected chi connectivity index (χ1v) is 7.30. The summed E-state index contributed by atoms with van der Waals surface area (Å²) in [6.07, 6.45) is 1.16. The third-order valence-corrected chi connectivity index (χ3v) is 3.88. The molecule has 0 saturated carbocycles. The summed E-state index contributed by atoms with van der Waals surface area (Å²) < 4.78 is 5.11. The van der Waals surface area contributed by atoms with Crippen molar-refractivity contribution < 1.29 is 14.3 Å². The van der Waals surface area contributed by atoms with E-state index in [9.17, 15) is 9.59 Å². The van der Waals surface area contributed by atoms with Crippen LogP contribution in [0.5, 0.6) is 5.75 Å². The fraction of sp³-hybridized carbons (Fsp3) is 0.500. The molecule has 1 saturated heterocycles. The lowest BCUT2D eigenvalue weighted by molar-refractivity contribution is -0.126. The Balaban J connectivity index is 2.03. The number of carbonyl (C=O) groups excluding carboxylic acids is 2. The quantitative estimate of drug-likeness (QED) is 0.902. The monoisotopic (exact) mass is 290 g/mol. The van der Waals surface area contributed by atoms with Gasteiger partial charge in [0.1, 0.15) is 5.75 Å². The summed E-state index contributed by atoms with van der Waals surface area (Å²) >= 11 is 0. The number of methoxy groups -OCH3 is 1. The molecular formula is C16H22N2O3. The Bertz CT molecular complexity index is 513. The number of ether oxygens (including phenoxy) is 1. The van der Waals surface area contributed by atoms with Crippen LogP contribution in [0, 0.1) is 5.92 Å². The number of hydrogen-bond acceptors (Lipinski definition) is 3. The van der Waals surface area contributed by atoms with E-state index in [1.807, 2.05) is 38.1 Å². The SMILES string of the molecule is CCC(C)NC(=O)C1CC(=O)N(c2ccc(OC)cc2)C1. The molecule has 2 rings (SSSR count). The molecule has 1 aromatic rings. The van der Waals surface area contributed by atoms with Crippen molar-refractivity contribution in [3.8, 4) is 5.75 Å². The first kappa shape index (κ1) is 15.4. The molecule has 1 fully saturated rings. The summed E-state index contributed by atoms with van der Waals surface area (Å²) in [6.45, 7) is 4.43. The van der Waals surface area contributed by atoms with Gasteiger partial charge < -0.3 is 15.0 Å². The molecule has 21 heavy (non-hydrogen) atoms. The number of amides is 2. The van der Waals surface area contributed by atoms with Gasteiger partial charge in [-0.1, -0.05) is 6.92 Å². The maximum atomic E-state index is 12.1. The number of carbonyl (C=O) groups is 2. The van der Waals surface area contributed by atoms with Crippen molar-refractivity contribution in [1.82, 2.24) is 5.32 Å². The van der Waals surface area contributed by atoms with Gasteiger partial charge in [0.25, 0.3) is 0 Å². The van der Waals surface area contributed by atoms with E-state index >= 15 is 0 Å². The van der Waals surface area contributed by atoms with E-state index in [1.165, 1.54) is 0 Å². The second-order valence-electron chi connectivity index (χ2n) is 5.42. The molecule has 5 nitrogen and oxygen atoms in total. The molecule has 5 heteroatoms. The first-order valence-electron chi connectivity index (χ1n) is 7.30. The highest BCUT2D eigenvalue weighted by Gasteiger charge is 2.35. The Hall–Kier alpha value is -2.04. The maximum absolute atomic E-state index is 12.1. The summed E-state index contributed by atoms with van der Waals surface area (Å²) in [6, 6.07) is 7.45. The number of anilines is 1. The van der Waals surface area contributed by atoms with Crippen molar-refractivity contribution in [1.29, 1.82) is 0 Å². The highest BCUT2D eigenvalue weighted by molar-refractivity contribution is 6.00. The molecule has 0 spiro atoms.